The van der Waals surface area contributed by atoms with Gasteiger partial charge in [-0.05, 0) is 43.4 Å². The predicted molar refractivity (Wildman–Crippen MR) is 74.8 cm³/mol. The zero-order valence-corrected chi connectivity index (χ0v) is 11.4. The monoisotopic (exact) mass is 262 g/mol. The van der Waals surface area contributed by atoms with Crippen molar-refractivity contribution in [2.45, 2.75) is 44.7 Å². The standard InChI is InChI=1S/C15H22N2O2/c1-2-9-17(12-5-6-12)15(19)14(16)10-11-3-7-13(18)8-4-11/h3-4,7-8,12,14,18H,2,5-6,9-10,16H2,1H3/t14-/m0/s1. The summed E-state index contributed by atoms with van der Waals surface area (Å²) in [4.78, 5) is 14.3. The average molecular weight is 262 g/mol. The molecule has 0 radical (unpaired) electrons. The molecule has 1 aromatic rings. The molecule has 0 bridgehead atoms. The highest BCUT2D eigenvalue weighted by Gasteiger charge is 2.33. The minimum atomic E-state index is -0.489. The Morgan fingerprint density at radius 1 is 1.42 bits per heavy atom. The Kier molecular flexibility index (Phi) is 4.43. The molecule has 2 rings (SSSR count). The minimum Gasteiger partial charge on any atom is -0.508 e. The van der Waals surface area contributed by atoms with Crippen LogP contribution in [0.1, 0.15) is 31.7 Å². The quantitative estimate of drug-likeness (QED) is 0.819. The van der Waals surface area contributed by atoms with Crippen LogP contribution >= 0.6 is 0 Å². The number of aromatic hydroxyl groups is 1. The van der Waals surface area contributed by atoms with Gasteiger partial charge < -0.3 is 15.7 Å². The van der Waals surface area contributed by atoms with E-state index in [0.29, 0.717) is 12.5 Å². The van der Waals surface area contributed by atoms with E-state index in [4.69, 9.17) is 5.73 Å². The topological polar surface area (TPSA) is 66.6 Å². The van der Waals surface area contributed by atoms with Crippen molar-refractivity contribution in [1.29, 1.82) is 0 Å². The number of phenolic OH excluding ortho intramolecular Hbond substituents is 1. The molecule has 0 aliphatic heterocycles. The van der Waals surface area contributed by atoms with Gasteiger partial charge in [-0.2, -0.15) is 0 Å². The Morgan fingerprint density at radius 3 is 2.58 bits per heavy atom. The van der Waals surface area contributed by atoms with E-state index in [9.17, 15) is 9.90 Å². The fourth-order valence-corrected chi connectivity index (χ4v) is 2.29. The summed E-state index contributed by atoms with van der Waals surface area (Å²) < 4.78 is 0. The summed E-state index contributed by atoms with van der Waals surface area (Å²) in [7, 11) is 0. The van der Waals surface area contributed by atoms with Gasteiger partial charge in [-0.3, -0.25) is 4.79 Å². The first-order valence-corrected chi connectivity index (χ1v) is 6.95. The maximum absolute atomic E-state index is 12.3. The molecule has 4 heteroatoms. The minimum absolute atomic E-state index is 0.0532. The number of nitrogens with zero attached hydrogens (tertiary/aromatic N) is 1. The summed E-state index contributed by atoms with van der Waals surface area (Å²) in [5.41, 5.74) is 7.01. The number of carbonyl (C=O) groups excluding carboxylic acids is 1. The zero-order chi connectivity index (χ0) is 13.8. The fourth-order valence-electron chi connectivity index (χ4n) is 2.29. The first-order valence-electron chi connectivity index (χ1n) is 6.95. The van der Waals surface area contributed by atoms with Crippen LogP contribution in [-0.2, 0) is 11.2 Å². The molecule has 0 unspecified atom stereocenters. The van der Waals surface area contributed by atoms with Crippen molar-refractivity contribution in [3.8, 4) is 5.75 Å². The molecule has 4 nitrogen and oxygen atoms in total. The van der Waals surface area contributed by atoms with E-state index in [0.717, 1.165) is 31.4 Å². The first-order chi connectivity index (χ1) is 9.11. The first kappa shape index (κ1) is 13.9. The van der Waals surface area contributed by atoms with Gasteiger partial charge in [-0.1, -0.05) is 19.1 Å². The molecule has 1 aromatic carbocycles. The number of hydrogen-bond acceptors (Lipinski definition) is 3. The summed E-state index contributed by atoms with van der Waals surface area (Å²) in [6.07, 6.45) is 3.70. The van der Waals surface area contributed by atoms with E-state index in [-0.39, 0.29) is 11.7 Å². The van der Waals surface area contributed by atoms with Crippen molar-refractivity contribution in [2.75, 3.05) is 6.54 Å². The van der Waals surface area contributed by atoms with Crippen LogP contribution in [0.15, 0.2) is 24.3 Å². The van der Waals surface area contributed by atoms with Crippen LogP contribution in [0.25, 0.3) is 0 Å². The van der Waals surface area contributed by atoms with Crippen LogP contribution in [0.2, 0.25) is 0 Å². The molecular formula is C15H22N2O2. The van der Waals surface area contributed by atoms with Gasteiger partial charge in [0.1, 0.15) is 5.75 Å². The van der Waals surface area contributed by atoms with Crippen LogP contribution < -0.4 is 5.73 Å². The Morgan fingerprint density at radius 2 is 2.05 bits per heavy atom. The Labute approximate surface area is 114 Å². The lowest BCUT2D eigenvalue weighted by Crippen LogP contribution is -2.46. The molecule has 0 heterocycles. The third-order valence-electron chi connectivity index (χ3n) is 3.44. The van der Waals surface area contributed by atoms with Gasteiger partial charge in [0.05, 0.1) is 6.04 Å². The SMILES string of the molecule is CCCN(C(=O)[C@@H](N)Cc1ccc(O)cc1)C1CC1. The van der Waals surface area contributed by atoms with Gasteiger partial charge >= 0.3 is 0 Å². The van der Waals surface area contributed by atoms with Crippen molar-refractivity contribution in [3.05, 3.63) is 29.8 Å². The number of rotatable bonds is 6. The number of benzene rings is 1. The molecule has 1 aliphatic carbocycles. The second-order valence-corrected chi connectivity index (χ2v) is 5.24. The smallest absolute Gasteiger partial charge is 0.240 e. The third kappa shape index (κ3) is 3.70. The number of nitrogens with two attached hydrogens (primary N) is 1. The molecule has 3 N–H and O–H groups in total. The van der Waals surface area contributed by atoms with E-state index in [1.54, 1.807) is 12.1 Å². The van der Waals surface area contributed by atoms with Crippen LogP contribution in [0.3, 0.4) is 0 Å². The molecule has 1 fully saturated rings. The van der Waals surface area contributed by atoms with E-state index in [1.165, 1.54) is 0 Å². The van der Waals surface area contributed by atoms with E-state index in [2.05, 4.69) is 6.92 Å². The highest BCUT2D eigenvalue weighted by atomic mass is 16.3. The maximum atomic E-state index is 12.3. The van der Waals surface area contributed by atoms with E-state index < -0.39 is 6.04 Å². The summed E-state index contributed by atoms with van der Waals surface area (Å²) >= 11 is 0. The molecule has 0 aromatic heterocycles. The lowest BCUT2D eigenvalue weighted by Gasteiger charge is -2.25. The van der Waals surface area contributed by atoms with E-state index in [1.807, 2.05) is 17.0 Å². The van der Waals surface area contributed by atoms with Crippen molar-refractivity contribution >= 4 is 5.91 Å². The van der Waals surface area contributed by atoms with Gasteiger partial charge in [-0.15, -0.1) is 0 Å². The highest BCUT2D eigenvalue weighted by molar-refractivity contribution is 5.82. The van der Waals surface area contributed by atoms with Crippen LogP contribution in [0.4, 0.5) is 0 Å². The van der Waals surface area contributed by atoms with Gasteiger partial charge in [0, 0.05) is 12.6 Å². The van der Waals surface area contributed by atoms with E-state index >= 15 is 0 Å². The lowest BCUT2D eigenvalue weighted by atomic mass is 10.1. The van der Waals surface area contributed by atoms with Gasteiger partial charge in [-0.25, -0.2) is 0 Å². The van der Waals surface area contributed by atoms with Crippen LogP contribution in [0.5, 0.6) is 5.75 Å². The molecule has 1 aliphatic rings. The number of phenols is 1. The van der Waals surface area contributed by atoms with Crippen LogP contribution in [0, 0.1) is 0 Å². The van der Waals surface area contributed by atoms with Crippen molar-refractivity contribution in [1.82, 2.24) is 4.90 Å². The van der Waals surface area contributed by atoms with Gasteiger partial charge in [0.2, 0.25) is 5.91 Å². The predicted octanol–water partition coefficient (Wildman–Crippen LogP) is 1.66. The second-order valence-electron chi connectivity index (χ2n) is 5.24. The normalized spacial score (nSPS) is 16.1. The Balaban J connectivity index is 1.95. The lowest BCUT2D eigenvalue weighted by molar-refractivity contribution is -0.133. The Hall–Kier alpha value is -1.55. The number of amides is 1. The summed E-state index contributed by atoms with van der Waals surface area (Å²) in [6, 6.07) is 6.79. The van der Waals surface area contributed by atoms with Crippen molar-refractivity contribution in [2.24, 2.45) is 5.73 Å². The summed E-state index contributed by atoms with van der Waals surface area (Å²) in [5.74, 6) is 0.284. The third-order valence-corrected chi connectivity index (χ3v) is 3.44. The Bertz CT molecular complexity index is 426. The molecule has 1 atom stereocenters. The van der Waals surface area contributed by atoms with Gasteiger partial charge in [0.25, 0.3) is 0 Å². The molecular weight excluding hydrogens is 240 g/mol. The van der Waals surface area contributed by atoms with Crippen molar-refractivity contribution < 1.29 is 9.90 Å². The number of hydrogen-bond donors (Lipinski definition) is 2. The molecule has 0 spiro atoms. The molecule has 19 heavy (non-hydrogen) atoms. The largest absolute Gasteiger partial charge is 0.508 e. The van der Waals surface area contributed by atoms with Crippen molar-refractivity contribution in [3.63, 3.8) is 0 Å². The van der Waals surface area contributed by atoms with Gasteiger partial charge in [0.15, 0.2) is 0 Å². The fraction of sp³-hybridized carbons (Fsp3) is 0.533. The average Bonchev–Trinajstić information content (AvgIpc) is 3.22. The summed E-state index contributed by atoms with van der Waals surface area (Å²) in [5, 5.41) is 9.23. The zero-order valence-electron chi connectivity index (χ0n) is 11.4. The van der Waals surface area contributed by atoms with Crippen LogP contribution in [-0.4, -0.2) is 34.5 Å². The molecule has 0 saturated heterocycles. The molecule has 104 valence electrons. The molecule has 1 amide bonds. The molecule has 1 saturated carbocycles. The maximum Gasteiger partial charge on any atom is 0.240 e. The summed E-state index contributed by atoms with van der Waals surface area (Å²) in [6.45, 7) is 2.88. The number of carbonyl (C=O) groups is 1. The highest BCUT2D eigenvalue weighted by Crippen LogP contribution is 2.27. The second kappa shape index (κ2) is 6.06.